The molecule has 2 nitrogen and oxygen atoms in total. The van der Waals surface area contributed by atoms with E-state index in [1.165, 1.54) is 0 Å². The summed E-state index contributed by atoms with van der Waals surface area (Å²) < 4.78 is 40.0. The Morgan fingerprint density at radius 3 is 2.07 bits per heavy atom. The van der Waals surface area contributed by atoms with Crippen LogP contribution in [-0.4, -0.2) is 7.25 Å². The fourth-order valence-corrected chi connectivity index (χ4v) is 1.06. The Kier molecular flexibility index (Phi) is 5.29. The van der Waals surface area contributed by atoms with Crippen LogP contribution in [0.25, 0.3) is 4.98 Å². The number of rotatable bonds is 0. The summed E-state index contributed by atoms with van der Waals surface area (Å²) in [6, 6.07) is 5.48. The highest BCUT2D eigenvalue weighted by molar-refractivity contribution is 9.10. The van der Waals surface area contributed by atoms with Crippen LogP contribution in [-0.2, 0) is 0 Å². The normalized spacial score (nSPS) is 9.93. The van der Waals surface area contributed by atoms with Gasteiger partial charge in [0.1, 0.15) is 0 Å². The molecule has 8 heteroatoms. The maximum absolute atomic E-state index is 9.75. The fourth-order valence-electron chi connectivity index (χ4n) is 0.704. The van der Waals surface area contributed by atoms with E-state index in [1.807, 2.05) is 19.1 Å². The summed E-state index contributed by atoms with van der Waals surface area (Å²) in [5, 5.41) is 8.45. The van der Waals surface area contributed by atoms with Crippen molar-refractivity contribution in [3.05, 3.63) is 33.2 Å². The van der Waals surface area contributed by atoms with Gasteiger partial charge in [-0.15, -0.1) is 0 Å². The van der Waals surface area contributed by atoms with Crippen LogP contribution in [0.5, 0.6) is 0 Å². The van der Waals surface area contributed by atoms with Crippen LogP contribution in [0.1, 0.15) is 5.56 Å². The van der Waals surface area contributed by atoms with Gasteiger partial charge in [-0.3, -0.25) is 0 Å². The SMILES string of the molecule is Cc1c(Br)cccc1[N+]#N.F[B-](F)(F)F. The quantitative estimate of drug-likeness (QED) is 0.390. The van der Waals surface area contributed by atoms with Crippen molar-refractivity contribution in [2.45, 2.75) is 6.92 Å². The molecule has 0 bridgehead atoms. The van der Waals surface area contributed by atoms with Gasteiger partial charge in [-0.2, -0.15) is 0 Å². The average molecular weight is 285 g/mol. The summed E-state index contributed by atoms with van der Waals surface area (Å²) >= 11 is 3.32. The molecule has 0 atom stereocenters. The Morgan fingerprint density at radius 2 is 1.73 bits per heavy atom. The number of hydrogen-bond donors (Lipinski definition) is 0. The van der Waals surface area contributed by atoms with Crippen LogP contribution in [0.2, 0.25) is 0 Å². The van der Waals surface area contributed by atoms with Gasteiger partial charge in [0.25, 0.3) is 0 Å². The Labute approximate surface area is 92.1 Å². The van der Waals surface area contributed by atoms with Crippen molar-refractivity contribution in [2.75, 3.05) is 0 Å². The maximum Gasteiger partial charge on any atom is 0.673 e. The number of halogens is 5. The summed E-state index contributed by atoms with van der Waals surface area (Å²) in [6.45, 7) is 1.89. The van der Waals surface area contributed by atoms with E-state index in [0.717, 1.165) is 10.0 Å². The van der Waals surface area contributed by atoms with E-state index in [2.05, 4.69) is 20.9 Å². The topological polar surface area (TPSA) is 28.1 Å². The molecule has 0 aliphatic rings. The average Bonchev–Trinajstić information content (AvgIpc) is 2.07. The molecule has 0 fully saturated rings. The largest absolute Gasteiger partial charge is 0.673 e. The highest BCUT2D eigenvalue weighted by Gasteiger charge is 2.20. The van der Waals surface area contributed by atoms with Gasteiger partial charge in [0.2, 0.25) is 5.39 Å². The molecule has 1 aromatic carbocycles. The zero-order chi connectivity index (χ0) is 12.1. The fraction of sp³-hybridized carbons (Fsp3) is 0.143. The third-order valence-corrected chi connectivity index (χ3v) is 2.21. The van der Waals surface area contributed by atoms with Crippen molar-refractivity contribution in [1.82, 2.24) is 0 Å². The molecule has 0 aromatic heterocycles. The molecule has 0 aliphatic heterocycles. The van der Waals surface area contributed by atoms with Crippen molar-refractivity contribution in [1.29, 1.82) is 5.39 Å². The lowest BCUT2D eigenvalue weighted by atomic mass is 10.2. The van der Waals surface area contributed by atoms with E-state index in [0.29, 0.717) is 5.69 Å². The second-order valence-electron chi connectivity index (χ2n) is 2.48. The minimum absolute atomic E-state index is 0.606. The van der Waals surface area contributed by atoms with Gasteiger partial charge in [-0.05, 0) is 13.0 Å². The standard InChI is InChI=1S/C7H6BrN2.BF4/c1-5-6(8)3-2-4-7(5)10-9;2-1(3,4)5/h2-4H,1H3;/q+1;-1. The monoisotopic (exact) mass is 284 g/mol. The molecule has 15 heavy (non-hydrogen) atoms. The molecule has 0 amide bonds. The first kappa shape index (κ1) is 13.9. The Balaban J connectivity index is 0.000000336. The second-order valence-corrected chi connectivity index (χ2v) is 3.33. The summed E-state index contributed by atoms with van der Waals surface area (Å²) in [6.07, 6.45) is 0. The van der Waals surface area contributed by atoms with Crippen molar-refractivity contribution in [3.63, 3.8) is 0 Å². The Bertz CT molecular complexity index is 368. The number of hydrogen-bond acceptors (Lipinski definition) is 1. The van der Waals surface area contributed by atoms with E-state index in [9.17, 15) is 17.3 Å². The summed E-state index contributed by atoms with van der Waals surface area (Å²) in [5.74, 6) is 0. The number of nitrogens with zero attached hydrogens (tertiary/aromatic N) is 2. The van der Waals surface area contributed by atoms with Crippen LogP contribution in [0.15, 0.2) is 22.7 Å². The third kappa shape index (κ3) is 6.91. The van der Waals surface area contributed by atoms with Crippen molar-refractivity contribution < 1.29 is 17.3 Å². The zero-order valence-corrected chi connectivity index (χ0v) is 9.18. The predicted molar refractivity (Wildman–Crippen MR) is 53.8 cm³/mol. The molecular weight excluding hydrogens is 279 g/mol. The van der Waals surface area contributed by atoms with Crippen LogP contribution in [0, 0.1) is 12.3 Å². The predicted octanol–water partition coefficient (Wildman–Crippen LogP) is 4.54. The van der Waals surface area contributed by atoms with Crippen molar-refractivity contribution in [2.24, 2.45) is 0 Å². The van der Waals surface area contributed by atoms with Crippen molar-refractivity contribution in [3.8, 4) is 0 Å². The highest BCUT2D eigenvalue weighted by atomic mass is 79.9. The van der Waals surface area contributed by atoms with Gasteiger partial charge in [0.05, 0.1) is 5.56 Å². The van der Waals surface area contributed by atoms with Gasteiger partial charge in [-0.25, -0.2) is 0 Å². The van der Waals surface area contributed by atoms with Crippen LogP contribution >= 0.6 is 15.9 Å². The molecule has 82 valence electrons. The zero-order valence-electron chi connectivity index (χ0n) is 7.59. The molecule has 0 radical (unpaired) electrons. The second kappa shape index (κ2) is 5.71. The van der Waals surface area contributed by atoms with E-state index >= 15 is 0 Å². The van der Waals surface area contributed by atoms with Crippen molar-refractivity contribution >= 4 is 28.9 Å². The smallest absolute Gasteiger partial charge is 0.418 e. The van der Waals surface area contributed by atoms with Gasteiger partial charge in [0, 0.05) is 10.5 Å². The van der Waals surface area contributed by atoms with Gasteiger partial charge in [0.15, 0.2) is 4.98 Å². The van der Waals surface area contributed by atoms with Crippen LogP contribution in [0.3, 0.4) is 0 Å². The molecular formula is C7H6BBrF4N2. The third-order valence-electron chi connectivity index (χ3n) is 1.35. The molecule has 0 aliphatic carbocycles. The molecule has 0 saturated carbocycles. The maximum atomic E-state index is 9.75. The minimum atomic E-state index is -6.00. The van der Waals surface area contributed by atoms with Crippen LogP contribution < -0.4 is 0 Å². The van der Waals surface area contributed by atoms with E-state index in [-0.39, 0.29) is 0 Å². The Morgan fingerprint density at radius 1 is 1.27 bits per heavy atom. The molecule has 0 unspecified atom stereocenters. The van der Waals surface area contributed by atoms with Crippen LogP contribution in [0.4, 0.5) is 23.0 Å². The van der Waals surface area contributed by atoms with E-state index in [1.54, 1.807) is 6.07 Å². The molecule has 0 N–H and O–H groups in total. The van der Waals surface area contributed by atoms with Gasteiger partial charge in [-0.1, -0.05) is 22.0 Å². The molecule has 0 saturated heterocycles. The number of benzene rings is 1. The first-order valence-electron chi connectivity index (χ1n) is 3.73. The van der Waals surface area contributed by atoms with E-state index < -0.39 is 7.25 Å². The first-order valence-corrected chi connectivity index (χ1v) is 4.52. The lowest BCUT2D eigenvalue weighted by Crippen LogP contribution is -2.02. The first-order chi connectivity index (χ1) is 6.75. The summed E-state index contributed by atoms with van der Waals surface area (Å²) in [7, 11) is -6.00. The van der Waals surface area contributed by atoms with Gasteiger partial charge < -0.3 is 17.3 Å². The lowest BCUT2D eigenvalue weighted by Gasteiger charge is -1.94. The Hall–Kier alpha value is -1.10. The lowest BCUT2D eigenvalue weighted by molar-refractivity contribution is 0.368. The molecule has 0 spiro atoms. The number of diazo groups is 1. The highest BCUT2D eigenvalue weighted by Crippen LogP contribution is 2.25. The molecule has 1 aromatic rings. The summed E-state index contributed by atoms with van der Waals surface area (Å²) in [5.41, 5.74) is 1.55. The summed E-state index contributed by atoms with van der Waals surface area (Å²) in [4.78, 5) is 3.10. The van der Waals surface area contributed by atoms with Gasteiger partial charge >= 0.3 is 12.9 Å². The molecule has 0 heterocycles. The van der Waals surface area contributed by atoms with E-state index in [4.69, 9.17) is 5.39 Å². The minimum Gasteiger partial charge on any atom is -0.418 e. The molecule has 1 rings (SSSR count).